The van der Waals surface area contributed by atoms with Crippen LogP contribution in [-0.2, 0) is 16.4 Å². The summed E-state index contributed by atoms with van der Waals surface area (Å²) in [6, 6.07) is 0. The second-order valence-corrected chi connectivity index (χ2v) is 7.65. The number of aromatic amines is 1. The molecular formula is C14H19N5O2S. The molecule has 118 valence electrons. The first kappa shape index (κ1) is 15.1. The highest BCUT2D eigenvalue weighted by atomic mass is 32.2. The standard InChI is InChI=1S/C14H19N5O2S/c1-22(20,21)19-6-2-3-11(10-19)7-13-14(16-5-4-15-13)12-8-17-18-9-12/h4-5,8-9,11H,2-3,6-7,10H2,1H3,(H,17,18)/t11-/m0/s1. The SMILES string of the molecule is CS(=O)(=O)N1CCC[C@@H](Cc2nccnc2-c2cn[nH]c2)C1. The van der Waals surface area contributed by atoms with Crippen molar-refractivity contribution in [2.75, 3.05) is 19.3 Å². The van der Waals surface area contributed by atoms with E-state index in [4.69, 9.17) is 0 Å². The predicted molar refractivity (Wildman–Crippen MR) is 82.5 cm³/mol. The van der Waals surface area contributed by atoms with Crippen molar-refractivity contribution in [3.05, 3.63) is 30.5 Å². The van der Waals surface area contributed by atoms with Gasteiger partial charge in [-0.1, -0.05) is 0 Å². The lowest BCUT2D eigenvalue weighted by atomic mass is 9.93. The minimum absolute atomic E-state index is 0.269. The second-order valence-electron chi connectivity index (χ2n) is 5.67. The molecule has 0 radical (unpaired) electrons. The minimum Gasteiger partial charge on any atom is -0.285 e. The molecule has 0 aliphatic carbocycles. The Morgan fingerprint density at radius 2 is 2.18 bits per heavy atom. The van der Waals surface area contributed by atoms with Crippen molar-refractivity contribution in [3.8, 4) is 11.3 Å². The van der Waals surface area contributed by atoms with Crippen LogP contribution < -0.4 is 0 Å². The van der Waals surface area contributed by atoms with E-state index in [2.05, 4.69) is 20.2 Å². The average Bonchev–Trinajstić information content (AvgIpc) is 3.01. The van der Waals surface area contributed by atoms with Crippen LogP contribution in [0, 0.1) is 5.92 Å². The van der Waals surface area contributed by atoms with Crippen LogP contribution in [0.1, 0.15) is 18.5 Å². The van der Waals surface area contributed by atoms with E-state index in [1.54, 1.807) is 29.1 Å². The molecule has 1 aliphatic rings. The Balaban J connectivity index is 1.79. The van der Waals surface area contributed by atoms with Gasteiger partial charge in [-0.05, 0) is 25.2 Å². The molecule has 0 saturated carbocycles. The Hall–Kier alpha value is -1.80. The van der Waals surface area contributed by atoms with Crippen LogP contribution in [-0.4, -0.2) is 52.2 Å². The average molecular weight is 321 g/mol. The highest BCUT2D eigenvalue weighted by molar-refractivity contribution is 7.88. The van der Waals surface area contributed by atoms with E-state index in [0.717, 1.165) is 36.2 Å². The van der Waals surface area contributed by atoms with Gasteiger partial charge in [-0.15, -0.1) is 0 Å². The number of aromatic nitrogens is 4. The van der Waals surface area contributed by atoms with E-state index in [-0.39, 0.29) is 5.92 Å². The fourth-order valence-corrected chi connectivity index (χ4v) is 3.85. The molecule has 0 unspecified atom stereocenters. The summed E-state index contributed by atoms with van der Waals surface area (Å²) in [7, 11) is -3.12. The normalized spacial score (nSPS) is 20.1. The maximum atomic E-state index is 11.7. The van der Waals surface area contributed by atoms with Gasteiger partial charge >= 0.3 is 0 Å². The second kappa shape index (κ2) is 6.13. The Morgan fingerprint density at radius 3 is 2.91 bits per heavy atom. The summed E-state index contributed by atoms with van der Waals surface area (Å²) in [5.41, 5.74) is 2.61. The van der Waals surface area contributed by atoms with Crippen molar-refractivity contribution in [2.45, 2.75) is 19.3 Å². The van der Waals surface area contributed by atoms with E-state index < -0.39 is 10.0 Å². The smallest absolute Gasteiger partial charge is 0.211 e. The molecular weight excluding hydrogens is 302 g/mol. The van der Waals surface area contributed by atoms with Crippen molar-refractivity contribution in [3.63, 3.8) is 0 Å². The number of hydrogen-bond donors (Lipinski definition) is 1. The fraction of sp³-hybridized carbons (Fsp3) is 0.500. The number of H-pyrrole nitrogens is 1. The molecule has 0 spiro atoms. The van der Waals surface area contributed by atoms with E-state index >= 15 is 0 Å². The number of sulfonamides is 1. The van der Waals surface area contributed by atoms with Gasteiger partial charge in [0, 0.05) is 37.2 Å². The van der Waals surface area contributed by atoms with Crippen LogP contribution in [0.2, 0.25) is 0 Å². The lowest BCUT2D eigenvalue weighted by molar-refractivity contribution is 0.265. The summed E-state index contributed by atoms with van der Waals surface area (Å²) in [5.74, 6) is 0.269. The predicted octanol–water partition coefficient (Wildman–Crippen LogP) is 1.08. The van der Waals surface area contributed by atoms with Gasteiger partial charge in [0.1, 0.15) is 0 Å². The third kappa shape index (κ3) is 3.33. The first-order chi connectivity index (χ1) is 10.5. The third-order valence-electron chi connectivity index (χ3n) is 3.98. The van der Waals surface area contributed by atoms with Crippen molar-refractivity contribution in [1.29, 1.82) is 0 Å². The van der Waals surface area contributed by atoms with Crippen LogP contribution in [0.3, 0.4) is 0 Å². The number of hydrogen-bond acceptors (Lipinski definition) is 5. The van der Waals surface area contributed by atoms with Crippen LogP contribution >= 0.6 is 0 Å². The van der Waals surface area contributed by atoms with Crippen LogP contribution in [0.15, 0.2) is 24.8 Å². The Kier molecular flexibility index (Phi) is 4.21. The van der Waals surface area contributed by atoms with Crippen LogP contribution in [0.5, 0.6) is 0 Å². The van der Waals surface area contributed by atoms with Crippen molar-refractivity contribution in [2.24, 2.45) is 5.92 Å². The van der Waals surface area contributed by atoms with E-state index in [1.165, 1.54) is 6.26 Å². The third-order valence-corrected chi connectivity index (χ3v) is 5.25. The molecule has 0 aromatic carbocycles. The van der Waals surface area contributed by atoms with Crippen molar-refractivity contribution >= 4 is 10.0 Å². The molecule has 1 aliphatic heterocycles. The number of piperidine rings is 1. The zero-order valence-corrected chi connectivity index (χ0v) is 13.3. The molecule has 1 fully saturated rings. The molecule has 7 nitrogen and oxygen atoms in total. The Bertz CT molecular complexity index is 729. The lowest BCUT2D eigenvalue weighted by Gasteiger charge is -2.30. The van der Waals surface area contributed by atoms with E-state index in [0.29, 0.717) is 13.1 Å². The molecule has 0 bridgehead atoms. The Labute approximate surface area is 129 Å². The summed E-state index contributed by atoms with van der Waals surface area (Å²) < 4.78 is 25.0. The van der Waals surface area contributed by atoms with Gasteiger partial charge in [-0.25, -0.2) is 12.7 Å². The molecule has 3 rings (SSSR count). The number of nitrogens with zero attached hydrogens (tertiary/aromatic N) is 4. The molecule has 0 amide bonds. The van der Waals surface area contributed by atoms with Crippen LogP contribution in [0.25, 0.3) is 11.3 Å². The van der Waals surface area contributed by atoms with Crippen LogP contribution in [0.4, 0.5) is 0 Å². The van der Waals surface area contributed by atoms with Gasteiger partial charge in [0.2, 0.25) is 10.0 Å². The van der Waals surface area contributed by atoms with Crippen molar-refractivity contribution < 1.29 is 8.42 Å². The first-order valence-corrected chi connectivity index (χ1v) is 9.13. The lowest BCUT2D eigenvalue weighted by Crippen LogP contribution is -2.39. The summed E-state index contributed by atoms with van der Waals surface area (Å²) in [4.78, 5) is 8.84. The highest BCUT2D eigenvalue weighted by Crippen LogP contribution is 2.25. The summed E-state index contributed by atoms with van der Waals surface area (Å²) in [6.45, 7) is 1.17. The molecule has 1 atom stereocenters. The summed E-state index contributed by atoms with van der Waals surface area (Å²) in [6.07, 6.45) is 10.7. The zero-order chi connectivity index (χ0) is 15.6. The minimum atomic E-state index is -3.12. The first-order valence-electron chi connectivity index (χ1n) is 7.28. The van der Waals surface area contributed by atoms with Crippen molar-refractivity contribution in [1.82, 2.24) is 24.5 Å². The highest BCUT2D eigenvalue weighted by Gasteiger charge is 2.27. The van der Waals surface area contributed by atoms with Gasteiger partial charge in [-0.2, -0.15) is 5.10 Å². The van der Waals surface area contributed by atoms with Gasteiger partial charge in [0.25, 0.3) is 0 Å². The number of rotatable bonds is 4. The van der Waals surface area contributed by atoms with Gasteiger partial charge < -0.3 is 0 Å². The maximum Gasteiger partial charge on any atom is 0.211 e. The molecule has 8 heteroatoms. The monoisotopic (exact) mass is 321 g/mol. The van der Waals surface area contributed by atoms with E-state index in [1.807, 2.05) is 0 Å². The Morgan fingerprint density at radius 1 is 1.36 bits per heavy atom. The summed E-state index contributed by atoms with van der Waals surface area (Å²) in [5, 5.41) is 6.73. The van der Waals surface area contributed by atoms with Gasteiger partial charge in [0.05, 0.1) is 23.8 Å². The summed E-state index contributed by atoms with van der Waals surface area (Å²) >= 11 is 0. The molecule has 1 saturated heterocycles. The maximum absolute atomic E-state index is 11.7. The quantitative estimate of drug-likeness (QED) is 0.910. The molecule has 3 heterocycles. The molecule has 1 N–H and O–H groups in total. The topological polar surface area (TPSA) is 91.8 Å². The largest absolute Gasteiger partial charge is 0.285 e. The fourth-order valence-electron chi connectivity index (χ4n) is 2.91. The van der Waals surface area contributed by atoms with E-state index in [9.17, 15) is 8.42 Å². The molecule has 22 heavy (non-hydrogen) atoms. The zero-order valence-electron chi connectivity index (χ0n) is 12.4. The van der Waals surface area contributed by atoms with Gasteiger partial charge in [-0.3, -0.25) is 15.1 Å². The molecule has 2 aromatic heterocycles. The number of nitrogens with one attached hydrogen (secondary N) is 1. The molecule has 2 aromatic rings. The van der Waals surface area contributed by atoms with Gasteiger partial charge in [0.15, 0.2) is 0 Å².